The first-order valence-electron chi connectivity index (χ1n) is 6.61. The van der Waals surface area contributed by atoms with E-state index < -0.39 is 0 Å². The second-order valence-corrected chi connectivity index (χ2v) is 4.63. The molecule has 104 valence electrons. The summed E-state index contributed by atoms with van der Waals surface area (Å²) in [5.74, 6) is 0.927. The summed E-state index contributed by atoms with van der Waals surface area (Å²) in [6, 6.07) is 20.3. The number of carbonyl (C=O) groups is 1. The van der Waals surface area contributed by atoms with Crippen LogP contribution in [0.1, 0.15) is 10.4 Å². The molecule has 0 aliphatic heterocycles. The zero-order valence-electron chi connectivity index (χ0n) is 11.6. The molecule has 0 aliphatic carbocycles. The van der Waals surface area contributed by atoms with Gasteiger partial charge in [0.15, 0.2) is 0 Å². The van der Waals surface area contributed by atoms with Gasteiger partial charge in [-0.1, -0.05) is 30.3 Å². The lowest BCUT2D eigenvalue weighted by atomic mass is 10.1. The summed E-state index contributed by atoms with van der Waals surface area (Å²) < 4.78 is 10.6. The van der Waals surface area contributed by atoms with Crippen LogP contribution in [-0.4, -0.2) is 13.1 Å². The number of esters is 1. The zero-order valence-corrected chi connectivity index (χ0v) is 11.6. The molecule has 0 saturated carbocycles. The maximum atomic E-state index is 12.0. The number of ether oxygens (including phenoxy) is 2. The van der Waals surface area contributed by atoms with E-state index in [0.717, 1.165) is 16.5 Å². The first-order valence-corrected chi connectivity index (χ1v) is 6.61. The topological polar surface area (TPSA) is 35.5 Å². The van der Waals surface area contributed by atoms with Gasteiger partial charge >= 0.3 is 5.97 Å². The number of carbonyl (C=O) groups excluding carboxylic acids is 1. The van der Waals surface area contributed by atoms with Crippen molar-refractivity contribution < 1.29 is 14.3 Å². The normalized spacial score (nSPS) is 10.3. The minimum atomic E-state index is -0.363. The standard InChI is InChI=1S/C18H14O3/c1-20-16-9-7-13-8-10-17(12-15(13)11-16)21-18(19)14-5-3-2-4-6-14/h2-12H,1H3. The van der Waals surface area contributed by atoms with Crippen molar-refractivity contribution in [3.05, 3.63) is 72.3 Å². The fourth-order valence-corrected chi connectivity index (χ4v) is 2.13. The molecule has 3 nitrogen and oxygen atoms in total. The van der Waals surface area contributed by atoms with Gasteiger partial charge in [0.2, 0.25) is 0 Å². The van der Waals surface area contributed by atoms with Crippen LogP contribution in [0.5, 0.6) is 11.5 Å². The molecule has 0 amide bonds. The lowest BCUT2D eigenvalue weighted by Crippen LogP contribution is -2.07. The van der Waals surface area contributed by atoms with E-state index in [1.54, 1.807) is 25.3 Å². The van der Waals surface area contributed by atoms with Gasteiger partial charge < -0.3 is 9.47 Å². The third-order valence-corrected chi connectivity index (χ3v) is 3.24. The number of methoxy groups -OCH3 is 1. The Labute approximate surface area is 122 Å². The maximum absolute atomic E-state index is 12.0. The van der Waals surface area contributed by atoms with Crippen LogP contribution in [0.4, 0.5) is 0 Å². The van der Waals surface area contributed by atoms with Crippen LogP contribution >= 0.6 is 0 Å². The number of fused-ring (bicyclic) bond motifs is 1. The summed E-state index contributed by atoms with van der Waals surface area (Å²) in [5.41, 5.74) is 0.531. The first-order chi connectivity index (χ1) is 10.3. The summed E-state index contributed by atoms with van der Waals surface area (Å²) in [6.45, 7) is 0. The first kappa shape index (κ1) is 13.2. The Morgan fingerprint density at radius 3 is 2.19 bits per heavy atom. The van der Waals surface area contributed by atoms with Crippen LogP contribution < -0.4 is 9.47 Å². The van der Waals surface area contributed by atoms with Crippen LogP contribution in [0, 0.1) is 0 Å². The summed E-state index contributed by atoms with van der Waals surface area (Å²) in [4.78, 5) is 12.0. The van der Waals surface area contributed by atoms with Gasteiger partial charge in [-0.25, -0.2) is 4.79 Å². The number of benzene rings is 3. The van der Waals surface area contributed by atoms with Crippen molar-refractivity contribution >= 4 is 16.7 Å². The molecule has 3 heteroatoms. The molecular formula is C18H14O3. The van der Waals surface area contributed by atoms with Crippen molar-refractivity contribution in [1.82, 2.24) is 0 Å². The van der Waals surface area contributed by atoms with Crippen LogP contribution in [0.15, 0.2) is 66.7 Å². The van der Waals surface area contributed by atoms with Crippen LogP contribution in [0.2, 0.25) is 0 Å². The summed E-state index contributed by atoms with van der Waals surface area (Å²) in [6.07, 6.45) is 0. The Balaban J connectivity index is 1.89. The fourth-order valence-electron chi connectivity index (χ4n) is 2.13. The van der Waals surface area contributed by atoms with Crippen LogP contribution in [0.3, 0.4) is 0 Å². The van der Waals surface area contributed by atoms with E-state index in [1.807, 2.05) is 48.5 Å². The summed E-state index contributed by atoms with van der Waals surface area (Å²) in [5, 5.41) is 2.03. The van der Waals surface area contributed by atoms with Crippen LogP contribution in [-0.2, 0) is 0 Å². The van der Waals surface area contributed by atoms with Gasteiger partial charge in [0.25, 0.3) is 0 Å². The van der Waals surface area contributed by atoms with E-state index in [4.69, 9.17) is 9.47 Å². The Hall–Kier alpha value is -2.81. The second kappa shape index (κ2) is 5.67. The molecular weight excluding hydrogens is 264 g/mol. The average Bonchev–Trinajstić information content (AvgIpc) is 2.55. The molecule has 0 heterocycles. The predicted molar refractivity (Wildman–Crippen MR) is 81.9 cm³/mol. The van der Waals surface area contributed by atoms with Gasteiger partial charge in [0.05, 0.1) is 12.7 Å². The van der Waals surface area contributed by atoms with Crippen molar-refractivity contribution in [1.29, 1.82) is 0 Å². The molecule has 0 saturated heterocycles. The van der Waals surface area contributed by atoms with E-state index in [2.05, 4.69) is 0 Å². The van der Waals surface area contributed by atoms with Crippen molar-refractivity contribution in [3.63, 3.8) is 0 Å². The lowest BCUT2D eigenvalue weighted by molar-refractivity contribution is 0.0735. The molecule has 3 aromatic rings. The highest BCUT2D eigenvalue weighted by Crippen LogP contribution is 2.25. The number of rotatable bonds is 3. The molecule has 0 spiro atoms. The van der Waals surface area contributed by atoms with E-state index in [0.29, 0.717) is 11.3 Å². The molecule has 21 heavy (non-hydrogen) atoms. The average molecular weight is 278 g/mol. The quantitative estimate of drug-likeness (QED) is 0.535. The summed E-state index contributed by atoms with van der Waals surface area (Å²) >= 11 is 0. The Morgan fingerprint density at radius 1 is 0.810 bits per heavy atom. The van der Waals surface area contributed by atoms with Gasteiger partial charge in [0, 0.05) is 0 Å². The van der Waals surface area contributed by atoms with Gasteiger partial charge in [0.1, 0.15) is 11.5 Å². The highest BCUT2D eigenvalue weighted by molar-refractivity contribution is 5.92. The molecule has 0 radical (unpaired) electrons. The molecule has 0 N–H and O–H groups in total. The summed E-state index contributed by atoms with van der Waals surface area (Å²) in [7, 11) is 1.63. The molecule has 0 aromatic heterocycles. The second-order valence-electron chi connectivity index (χ2n) is 4.63. The lowest BCUT2D eigenvalue weighted by Gasteiger charge is -2.07. The molecule has 0 fully saturated rings. The van der Waals surface area contributed by atoms with Crippen molar-refractivity contribution in [2.24, 2.45) is 0 Å². The fraction of sp³-hybridized carbons (Fsp3) is 0.0556. The minimum Gasteiger partial charge on any atom is -0.497 e. The number of hydrogen-bond donors (Lipinski definition) is 0. The Bertz CT molecular complexity index is 779. The predicted octanol–water partition coefficient (Wildman–Crippen LogP) is 4.07. The third-order valence-electron chi connectivity index (χ3n) is 3.24. The van der Waals surface area contributed by atoms with E-state index in [9.17, 15) is 4.79 Å². The zero-order chi connectivity index (χ0) is 14.7. The molecule has 0 atom stereocenters. The van der Waals surface area contributed by atoms with Crippen LogP contribution in [0.25, 0.3) is 10.8 Å². The molecule has 3 rings (SSSR count). The molecule has 0 bridgehead atoms. The van der Waals surface area contributed by atoms with Crippen molar-refractivity contribution in [3.8, 4) is 11.5 Å². The van der Waals surface area contributed by atoms with Crippen molar-refractivity contribution in [2.75, 3.05) is 7.11 Å². The highest BCUT2D eigenvalue weighted by Gasteiger charge is 2.08. The molecule has 0 unspecified atom stereocenters. The monoisotopic (exact) mass is 278 g/mol. The van der Waals surface area contributed by atoms with E-state index >= 15 is 0 Å². The van der Waals surface area contributed by atoms with Gasteiger partial charge in [-0.3, -0.25) is 0 Å². The molecule has 0 aliphatic rings. The van der Waals surface area contributed by atoms with Gasteiger partial charge in [-0.05, 0) is 47.2 Å². The van der Waals surface area contributed by atoms with E-state index in [-0.39, 0.29) is 5.97 Å². The molecule has 3 aromatic carbocycles. The minimum absolute atomic E-state index is 0.363. The van der Waals surface area contributed by atoms with E-state index in [1.165, 1.54) is 0 Å². The Morgan fingerprint density at radius 2 is 1.48 bits per heavy atom. The Kier molecular flexibility index (Phi) is 3.56. The maximum Gasteiger partial charge on any atom is 0.343 e. The largest absolute Gasteiger partial charge is 0.497 e. The third kappa shape index (κ3) is 2.87. The smallest absolute Gasteiger partial charge is 0.343 e. The van der Waals surface area contributed by atoms with Gasteiger partial charge in [-0.2, -0.15) is 0 Å². The van der Waals surface area contributed by atoms with Gasteiger partial charge in [-0.15, -0.1) is 0 Å². The van der Waals surface area contributed by atoms with Crippen molar-refractivity contribution in [2.45, 2.75) is 0 Å². The SMILES string of the molecule is COc1ccc2ccc(OC(=O)c3ccccc3)cc2c1. The number of hydrogen-bond acceptors (Lipinski definition) is 3. The highest BCUT2D eigenvalue weighted by atomic mass is 16.5.